The van der Waals surface area contributed by atoms with E-state index < -0.39 is 15.9 Å². The van der Waals surface area contributed by atoms with Gasteiger partial charge in [0, 0.05) is 11.6 Å². The Kier molecular flexibility index (Phi) is 3.44. The Labute approximate surface area is 125 Å². The molecule has 0 aliphatic carbocycles. The number of hydrogen-bond acceptors (Lipinski definition) is 5. The number of sulfonamides is 1. The molecular formula is C14H10N2O3S2. The fourth-order valence-electron chi connectivity index (χ4n) is 1.94. The number of fused-ring (bicyclic) bond motifs is 1. The number of pyridine rings is 1. The normalized spacial score (nSPS) is 11.4. The van der Waals surface area contributed by atoms with E-state index in [9.17, 15) is 13.2 Å². The molecule has 1 N–H and O–H groups in total. The van der Waals surface area contributed by atoms with Crippen LogP contribution in [0.5, 0.6) is 0 Å². The average Bonchev–Trinajstić information content (AvgIpc) is 3.01. The number of nitrogens with zero attached hydrogens (tertiary/aromatic N) is 1. The Morgan fingerprint density at radius 3 is 2.67 bits per heavy atom. The zero-order chi connectivity index (χ0) is 14.9. The molecule has 0 aliphatic rings. The summed E-state index contributed by atoms with van der Waals surface area (Å²) in [7, 11) is -3.85. The van der Waals surface area contributed by atoms with Crippen LogP contribution in [0.1, 0.15) is 10.5 Å². The molecule has 0 atom stereocenters. The second-order valence-electron chi connectivity index (χ2n) is 4.25. The van der Waals surface area contributed by atoms with Gasteiger partial charge in [-0.2, -0.15) is 0 Å². The summed E-state index contributed by atoms with van der Waals surface area (Å²) < 4.78 is 26.3. The van der Waals surface area contributed by atoms with Gasteiger partial charge in [-0.3, -0.25) is 9.78 Å². The molecule has 1 aromatic carbocycles. The van der Waals surface area contributed by atoms with E-state index in [1.165, 1.54) is 12.3 Å². The van der Waals surface area contributed by atoms with Crippen molar-refractivity contribution in [2.24, 2.45) is 0 Å². The summed E-state index contributed by atoms with van der Waals surface area (Å²) in [5.74, 6) is -0.736. The summed E-state index contributed by atoms with van der Waals surface area (Å²) in [5.41, 5.74) is 0.0910. The highest BCUT2D eigenvalue weighted by molar-refractivity contribution is 7.92. The number of nitrogens with one attached hydrogen (secondary N) is 1. The van der Waals surface area contributed by atoms with Gasteiger partial charge in [0.05, 0.1) is 0 Å². The van der Waals surface area contributed by atoms with Crippen molar-refractivity contribution in [2.75, 3.05) is 0 Å². The van der Waals surface area contributed by atoms with E-state index in [0.717, 1.165) is 16.7 Å². The van der Waals surface area contributed by atoms with E-state index in [-0.39, 0.29) is 9.90 Å². The molecule has 0 radical (unpaired) electrons. The SMILES string of the molecule is O=C(NS(=O)(=O)c1cccs1)c1nccc2ccccc12. The Balaban J connectivity index is 1.99. The first kappa shape index (κ1) is 13.7. The first-order chi connectivity index (χ1) is 10.1. The lowest BCUT2D eigenvalue weighted by atomic mass is 10.1. The van der Waals surface area contributed by atoms with E-state index in [1.54, 1.807) is 29.6 Å². The zero-order valence-corrected chi connectivity index (χ0v) is 12.3. The second-order valence-corrected chi connectivity index (χ2v) is 7.10. The number of hydrogen-bond donors (Lipinski definition) is 1. The largest absolute Gasteiger partial charge is 0.284 e. The molecule has 0 spiro atoms. The molecule has 2 aromatic heterocycles. The predicted molar refractivity (Wildman–Crippen MR) is 80.7 cm³/mol. The molecule has 2 heterocycles. The third kappa shape index (κ3) is 2.65. The van der Waals surface area contributed by atoms with Gasteiger partial charge >= 0.3 is 0 Å². The van der Waals surface area contributed by atoms with Crippen molar-refractivity contribution in [3.63, 3.8) is 0 Å². The third-order valence-electron chi connectivity index (χ3n) is 2.88. The topological polar surface area (TPSA) is 76.1 Å². The van der Waals surface area contributed by atoms with Crippen molar-refractivity contribution in [3.8, 4) is 0 Å². The van der Waals surface area contributed by atoms with Crippen LogP contribution in [-0.4, -0.2) is 19.3 Å². The van der Waals surface area contributed by atoms with Crippen molar-refractivity contribution in [1.82, 2.24) is 9.71 Å². The number of amides is 1. The van der Waals surface area contributed by atoms with Gasteiger partial charge in [0.25, 0.3) is 15.9 Å². The van der Waals surface area contributed by atoms with Crippen LogP contribution >= 0.6 is 11.3 Å². The molecular weight excluding hydrogens is 308 g/mol. The van der Waals surface area contributed by atoms with E-state index in [0.29, 0.717) is 5.39 Å². The van der Waals surface area contributed by atoms with Crippen LogP contribution < -0.4 is 4.72 Å². The fraction of sp³-hybridized carbons (Fsp3) is 0. The minimum Gasteiger partial charge on any atom is -0.266 e. The molecule has 1 amide bonds. The zero-order valence-electron chi connectivity index (χ0n) is 10.7. The number of rotatable bonds is 3. The number of thiophene rings is 1. The van der Waals surface area contributed by atoms with Crippen molar-refractivity contribution < 1.29 is 13.2 Å². The molecule has 0 saturated heterocycles. The van der Waals surface area contributed by atoms with E-state index in [2.05, 4.69) is 4.98 Å². The maximum atomic E-state index is 12.2. The fourth-order valence-corrected chi connectivity index (χ4v) is 3.88. The lowest BCUT2D eigenvalue weighted by molar-refractivity contribution is 0.0978. The van der Waals surface area contributed by atoms with E-state index >= 15 is 0 Å². The van der Waals surface area contributed by atoms with Crippen LogP contribution in [-0.2, 0) is 10.0 Å². The van der Waals surface area contributed by atoms with Gasteiger partial charge < -0.3 is 0 Å². The predicted octanol–water partition coefficient (Wildman–Crippen LogP) is 2.42. The third-order valence-corrected chi connectivity index (χ3v) is 5.60. The highest BCUT2D eigenvalue weighted by Crippen LogP contribution is 2.18. The number of benzene rings is 1. The standard InChI is InChI=1S/C14H10N2O3S2/c17-14(16-21(18,19)12-6-3-9-20-12)13-11-5-2-1-4-10(11)7-8-15-13/h1-9H,(H,16,17). The molecule has 21 heavy (non-hydrogen) atoms. The molecule has 5 nitrogen and oxygen atoms in total. The van der Waals surface area contributed by atoms with Crippen LogP contribution in [0.25, 0.3) is 10.8 Å². The van der Waals surface area contributed by atoms with Crippen molar-refractivity contribution in [1.29, 1.82) is 0 Å². The van der Waals surface area contributed by atoms with Gasteiger partial charge in [-0.05, 0) is 22.9 Å². The Morgan fingerprint density at radius 1 is 1.10 bits per heavy atom. The smallest absolute Gasteiger partial charge is 0.266 e. The minimum absolute atomic E-state index is 0.0910. The van der Waals surface area contributed by atoms with Crippen LogP contribution in [0.4, 0.5) is 0 Å². The first-order valence-corrected chi connectivity index (χ1v) is 8.38. The molecule has 0 aliphatic heterocycles. The lowest BCUT2D eigenvalue weighted by Crippen LogP contribution is -2.30. The van der Waals surface area contributed by atoms with Gasteiger partial charge in [-0.15, -0.1) is 11.3 Å². The lowest BCUT2D eigenvalue weighted by Gasteiger charge is -2.06. The van der Waals surface area contributed by atoms with Crippen LogP contribution in [0.15, 0.2) is 58.3 Å². The van der Waals surface area contributed by atoms with Crippen LogP contribution in [0, 0.1) is 0 Å². The summed E-state index contributed by atoms with van der Waals surface area (Å²) in [6.45, 7) is 0. The van der Waals surface area contributed by atoms with E-state index in [1.807, 2.05) is 16.9 Å². The maximum absolute atomic E-state index is 12.2. The molecule has 0 unspecified atom stereocenters. The Morgan fingerprint density at radius 2 is 1.90 bits per heavy atom. The molecule has 0 fully saturated rings. The number of carbonyl (C=O) groups excluding carboxylic acids is 1. The average molecular weight is 318 g/mol. The molecule has 7 heteroatoms. The van der Waals surface area contributed by atoms with Crippen LogP contribution in [0.2, 0.25) is 0 Å². The number of carbonyl (C=O) groups is 1. The maximum Gasteiger partial charge on any atom is 0.284 e. The van der Waals surface area contributed by atoms with Crippen molar-refractivity contribution in [2.45, 2.75) is 4.21 Å². The number of aromatic nitrogens is 1. The molecule has 0 bridgehead atoms. The van der Waals surface area contributed by atoms with Gasteiger partial charge in [0.1, 0.15) is 9.90 Å². The summed E-state index contributed by atoms with van der Waals surface area (Å²) in [6, 6.07) is 12.0. The van der Waals surface area contributed by atoms with Crippen molar-refractivity contribution >= 4 is 38.0 Å². The molecule has 0 saturated carbocycles. The van der Waals surface area contributed by atoms with Gasteiger partial charge in [-0.25, -0.2) is 13.1 Å². The Bertz CT molecular complexity index is 898. The van der Waals surface area contributed by atoms with Crippen molar-refractivity contribution in [3.05, 3.63) is 59.7 Å². The molecule has 3 aromatic rings. The second kappa shape index (κ2) is 5.27. The summed E-state index contributed by atoms with van der Waals surface area (Å²) in [6.07, 6.45) is 1.48. The first-order valence-electron chi connectivity index (χ1n) is 6.02. The monoisotopic (exact) mass is 318 g/mol. The molecule has 106 valence electrons. The quantitative estimate of drug-likeness (QED) is 0.804. The minimum atomic E-state index is -3.85. The van der Waals surface area contributed by atoms with Gasteiger partial charge in [0.15, 0.2) is 0 Å². The van der Waals surface area contributed by atoms with E-state index in [4.69, 9.17) is 0 Å². The highest BCUT2D eigenvalue weighted by atomic mass is 32.2. The Hall–Kier alpha value is -2.25. The summed E-state index contributed by atoms with van der Waals surface area (Å²) in [4.78, 5) is 16.2. The van der Waals surface area contributed by atoms with Gasteiger partial charge in [0.2, 0.25) is 0 Å². The highest BCUT2D eigenvalue weighted by Gasteiger charge is 2.21. The summed E-state index contributed by atoms with van der Waals surface area (Å²) >= 11 is 1.05. The van der Waals surface area contributed by atoms with Crippen LogP contribution in [0.3, 0.4) is 0 Å². The summed E-state index contributed by atoms with van der Waals surface area (Å²) in [5, 5.41) is 3.07. The molecule has 3 rings (SSSR count). The van der Waals surface area contributed by atoms with Gasteiger partial charge in [-0.1, -0.05) is 30.3 Å².